The second-order valence-corrected chi connectivity index (χ2v) is 19.5. The van der Waals surface area contributed by atoms with E-state index in [-0.39, 0.29) is 55.6 Å². The van der Waals surface area contributed by atoms with E-state index >= 15 is 0 Å². The summed E-state index contributed by atoms with van der Waals surface area (Å²) in [5, 5.41) is 23.9. The summed E-state index contributed by atoms with van der Waals surface area (Å²) in [7, 11) is 3.08. The minimum Gasteiger partial charge on any atom is -0.456 e. The van der Waals surface area contributed by atoms with Gasteiger partial charge in [0.15, 0.2) is 0 Å². The lowest BCUT2D eigenvalue weighted by Gasteiger charge is -2.47. The summed E-state index contributed by atoms with van der Waals surface area (Å²) in [5.74, 6) is -7.38. The first-order chi connectivity index (χ1) is 30.5. The van der Waals surface area contributed by atoms with Crippen LogP contribution < -0.4 is 5.73 Å². The summed E-state index contributed by atoms with van der Waals surface area (Å²) in [4.78, 5) is 58.3. The molecule has 4 N–H and O–H groups in total. The first kappa shape index (κ1) is 51.7. The van der Waals surface area contributed by atoms with Crippen molar-refractivity contribution in [1.29, 1.82) is 0 Å². The Kier molecular flexibility index (Phi) is 19.3. The van der Waals surface area contributed by atoms with Crippen LogP contribution in [-0.2, 0) is 49.3 Å². The molecular formula is C51H78N2O11. The highest BCUT2D eigenvalue weighted by molar-refractivity contribution is 6.39. The average Bonchev–Trinajstić information content (AvgIpc) is 3.28. The predicted octanol–water partition coefficient (Wildman–Crippen LogP) is 6.44. The number of aliphatic hydroxyl groups excluding tert-OH is 1. The van der Waals surface area contributed by atoms with Crippen molar-refractivity contribution >= 4 is 23.4 Å². The highest BCUT2D eigenvalue weighted by Crippen LogP contribution is 2.39. The number of ketones is 2. The first-order valence-electron chi connectivity index (χ1n) is 24.0. The molecule has 0 spiro atoms. The number of esters is 1. The second-order valence-electron chi connectivity index (χ2n) is 19.5. The number of carbonyl (C=O) groups excluding carboxylic acids is 4. The number of benzene rings is 1. The number of aliphatic hydroxyl groups is 2. The van der Waals surface area contributed by atoms with E-state index in [4.69, 9.17) is 29.4 Å². The van der Waals surface area contributed by atoms with E-state index < -0.39 is 77.8 Å². The van der Waals surface area contributed by atoms with Crippen molar-refractivity contribution in [3.8, 4) is 0 Å². The zero-order valence-electron chi connectivity index (χ0n) is 39.7. The number of methoxy groups -OCH3 is 2. The van der Waals surface area contributed by atoms with Crippen LogP contribution in [0.3, 0.4) is 0 Å². The highest BCUT2D eigenvalue weighted by atomic mass is 16.7. The molecule has 13 nitrogen and oxygen atoms in total. The summed E-state index contributed by atoms with van der Waals surface area (Å²) in [6.07, 6.45) is 6.89. The molecule has 1 aromatic rings. The molecule has 2 bridgehead atoms. The van der Waals surface area contributed by atoms with Crippen LogP contribution in [0.5, 0.6) is 0 Å². The van der Waals surface area contributed by atoms with Gasteiger partial charge < -0.3 is 44.5 Å². The van der Waals surface area contributed by atoms with Gasteiger partial charge in [0.25, 0.3) is 11.7 Å². The van der Waals surface area contributed by atoms with Crippen molar-refractivity contribution in [2.45, 2.75) is 180 Å². The number of nitrogens with two attached hydrogens (primary N) is 1. The molecule has 2 saturated heterocycles. The second kappa shape index (κ2) is 23.9. The molecule has 4 aliphatic rings. The number of ether oxygens (including phenoxy) is 5. The lowest BCUT2D eigenvalue weighted by molar-refractivity contribution is -0.302. The van der Waals surface area contributed by atoms with Crippen molar-refractivity contribution in [3.05, 3.63) is 59.2 Å². The molecule has 3 aliphatic heterocycles. The van der Waals surface area contributed by atoms with Gasteiger partial charge in [-0.15, -0.1) is 0 Å². The molecule has 0 radical (unpaired) electrons. The Morgan fingerprint density at radius 1 is 0.953 bits per heavy atom. The third-order valence-corrected chi connectivity index (χ3v) is 14.5. The van der Waals surface area contributed by atoms with Crippen molar-refractivity contribution in [2.75, 3.05) is 27.4 Å². The number of hydrogen-bond donors (Lipinski definition) is 3. The summed E-state index contributed by atoms with van der Waals surface area (Å²) < 4.78 is 30.8. The third-order valence-electron chi connectivity index (χ3n) is 14.5. The van der Waals surface area contributed by atoms with Crippen LogP contribution in [-0.4, -0.2) is 120 Å². The molecule has 1 amide bonds. The van der Waals surface area contributed by atoms with E-state index in [1.54, 1.807) is 28.1 Å². The highest BCUT2D eigenvalue weighted by Gasteiger charge is 2.56. The molecule has 13 heteroatoms. The van der Waals surface area contributed by atoms with Gasteiger partial charge >= 0.3 is 5.97 Å². The quantitative estimate of drug-likeness (QED) is 0.101. The topological polar surface area (TPSA) is 184 Å². The van der Waals surface area contributed by atoms with Crippen LogP contribution in [0.4, 0.5) is 0 Å². The molecule has 1 saturated carbocycles. The van der Waals surface area contributed by atoms with E-state index in [0.717, 1.165) is 31.3 Å². The third kappa shape index (κ3) is 13.0. The number of piperidine rings is 1. The van der Waals surface area contributed by atoms with E-state index in [0.29, 0.717) is 50.7 Å². The van der Waals surface area contributed by atoms with Crippen LogP contribution in [0.1, 0.15) is 124 Å². The Hall–Kier alpha value is -3.30. The van der Waals surface area contributed by atoms with E-state index in [9.17, 15) is 29.4 Å². The molecular weight excluding hydrogens is 817 g/mol. The van der Waals surface area contributed by atoms with Gasteiger partial charge in [-0.25, -0.2) is 4.79 Å². The predicted molar refractivity (Wildman–Crippen MR) is 244 cm³/mol. The number of Topliss-reactive ketones (excluding diaryl/α,β-unsaturated/α-hetero) is 2. The number of cyclic esters (lactones) is 1. The largest absolute Gasteiger partial charge is 0.456 e. The Balaban J connectivity index is 1.45. The smallest absolute Gasteiger partial charge is 0.329 e. The number of allylic oxidation sites excluding steroid dienone is 3. The summed E-state index contributed by atoms with van der Waals surface area (Å²) in [6, 6.07) is 9.05. The first-order valence-corrected chi connectivity index (χ1v) is 24.0. The van der Waals surface area contributed by atoms with Gasteiger partial charge in [-0.1, -0.05) is 75.8 Å². The standard InChI is InChI=1S/C51H78N2O11/c1-9-38-25-31(2)24-32(3)26-44(60-7)47-45(61-8)28-34(5)51(59,64-47)48(56)49(57)53-22-14-13-19-40(53)50(58)63-46(35(6)41(54)30-42(38)55)33(4)27-37-20-21-39(52)43(29-37)62-23-15-18-36-16-11-10-12-17-36/h10-12,16-17,25,27,32,34-35,37-41,43-47,54,59H,9,13-15,18-24,26,28-30,52H2,1-8H3/b31-25+,33-27?. The van der Waals surface area contributed by atoms with Gasteiger partial charge in [-0.2, -0.15) is 0 Å². The van der Waals surface area contributed by atoms with Gasteiger partial charge in [0, 0.05) is 57.6 Å². The summed E-state index contributed by atoms with van der Waals surface area (Å²) in [6.45, 7) is 12.0. The fourth-order valence-electron chi connectivity index (χ4n) is 10.5. The summed E-state index contributed by atoms with van der Waals surface area (Å²) in [5.41, 5.74) is 9.55. The Labute approximate surface area is 381 Å². The van der Waals surface area contributed by atoms with Crippen LogP contribution in [0.25, 0.3) is 0 Å². The number of amides is 1. The molecule has 358 valence electrons. The average molecular weight is 895 g/mol. The van der Waals surface area contributed by atoms with Crippen molar-refractivity contribution in [3.63, 3.8) is 0 Å². The molecule has 5 rings (SSSR count). The number of fused-ring (bicyclic) bond motifs is 3. The van der Waals surface area contributed by atoms with Gasteiger partial charge in [-0.05, 0) is 114 Å². The number of carbonyl (C=O) groups is 4. The summed E-state index contributed by atoms with van der Waals surface area (Å²) >= 11 is 0. The van der Waals surface area contributed by atoms with Crippen molar-refractivity contribution in [2.24, 2.45) is 35.3 Å². The van der Waals surface area contributed by atoms with Gasteiger partial charge in [0.05, 0.1) is 24.4 Å². The van der Waals surface area contributed by atoms with Crippen LogP contribution in [0.15, 0.2) is 53.6 Å². The van der Waals surface area contributed by atoms with Crippen LogP contribution in [0.2, 0.25) is 0 Å². The van der Waals surface area contributed by atoms with E-state index in [1.807, 2.05) is 45.0 Å². The molecule has 1 aromatic carbocycles. The van der Waals surface area contributed by atoms with E-state index in [1.165, 1.54) is 10.5 Å². The Bertz CT molecular complexity index is 1770. The SMILES string of the molecule is CCC1/C=C(\C)CC(C)CC(OC)C2OC(O)(C(=O)C(=O)N3CCCCC3C(=O)OC(C(C)=CC3CCC(N)C(OCCCc4ccccc4)C3)C(C)C(O)CC1=O)C(C)CC2OC. The molecule has 3 heterocycles. The molecule has 1 aliphatic carbocycles. The van der Waals surface area contributed by atoms with Crippen molar-refractivity contribution < 1.29 is 53.1 Å². The number of rotatable bonds is 10. The molecule has 64 heavy (non-hydrogen) atoms. The normalized spacial score (nSPS) is 37.8. The molecule has 0 aromatic heterocycles. The maximum atomic E-state index is 14.5. The fraction of sp³-hybridized carbons (Fsp3) is 0.725. The lowest BCUT2D eigenvalue weighted by atomic mass is 9.81. The van der Waals surface area contributed by atoms with Gasteiger partial charge in [0.1, 0.15) is 24.0 Å². The molecule has 3 fully saturated rings. The molecule has 14 unspecified atom stereocenters. The zero-order chi connectivity index (χ0) is 46.7. The monoisotopic (exact) mass is 895 g/mol. The maximum absolute atomic E-state index is 14.5. The maximum Gasteiger partial charge on any atom is 0.329 e. The minimum atomic E-state index is -2.50. The fourth-order valence-corrected chi connectivity index (χ4v) is 10.5. The number of nitrogens with zero attached hydrogens (tertiary/aromatic N) is 1. The van der Waals surface area contributed by atoms with E-state index in [2.05, 4.69) is 25.1 Å². The Morgan fingerprint density at radius 3 is 2.34 bits per heavy atom. The van der Waals surface area contributed by atoms with Crippen LogP contribution in [0, 0.1) is 29.6 Å². The number of hydrogen-bond acceptors (Lipinski definition) is 12. The Morgan fingerprint density at radius 2 is 1.66 bits per heavy atom. The van der Waals surface area contributed by atoms with Gasteiger partial charge in [0.2, 0.25) is 5.79 Å². The zero-order valence-corrected chi connectivity index (χ0v) is 39.7. The molecule has 14 atom stereocenters. The number of aryl methyl sites for hydroxylation is 1. The lowest BCUT2D eigenvalue weighted by Crippen LogP contribution is -2.64. The van der Waals surface area contributed by atoms with Gasteiger partial charge in [-0.3, -0.25) is 14.4 Å². The van der Waals surface area contributed by atoms with Crippen molar-refractivity contribution in [1.82, 2.24) is 4.90 Å². The minimum absolute atomic E-state index is 0.0357. The van der Waals surface area contributed by atoms with Crippen LogP contribution >= 0.6 is 0 Å².